The quantitative estimate of drug-likeness (QED) is 0.830. The van der Waals surface area contributed by atoms with Gasteiger partial charge in [0.25, 0.3) is 0 Å². The standard InChI is InChI=1S/C16H22ClNO2/c1-3-5-6-10(4-2)16(20)12-7-11-8-15(19)18-14(11)9-13(12)17/h7,9-10,16,20H,3-6,8H2,1-2H3,(H,18,19). The van der Waals surface area contributed by atoms with Gasteiger partial charge in [-0.15, -0.1) is 0 Å². The van der Waals surface area contributed by atoms with Crippen LogP contribution >= 0.6 is 11.6 Å². The van der Waals surface area contributed by atoms with Gasteiger partial charge in [-0.3, -0.25) is 4.79 Å². The molecule has 0 fully saturated rings. The van der Waals surface area contributed by atoms with Gasteiger partial charge >= 0.3 is 0 Å². The van der Waals surface area contributed by atoms with Gasteiger partial charge in [0.2, 0.25) is 5.91 Å². The molecule has 0 saturated heterocycles. The summed E-state index contributed by atoms with van der Waals surface area (Å²) in [5.41, 5.74) is 2.46. The van der Waals surface area contributed by atoms with Crippen LogP contribution in [0.3, 0.4) is 0 Å². The zero-order valence-electron chi connectivity index (χ0n) is 12.1. The molecule has 0 saturated carbocycles. The fourth-order valence-electron chi connectivity index (χ4n) is 2.80. The van der Waals surface area contributed by atoms with Crippen molar-refractivity contribution in [1.29, 1.82) is 0 Å². The minimum atomic E-state index is -0.556. The molecule has 2 atom stereocenters. The molecule has 0 aliphatic carbocycles. The molecular formula is C16H22ClNO2. The van der Waals surface area contributed by atoms with Crippen LogP contribution in [0.25, 0.3) is 0 Å². The molecule has 1 aromatic rings. The summed E-state index contributed by atoms with van der Waals surface area (Å²) in [6.45, 7) is 4.24. The van der Waals surface area contributed by atoms with Gasteiger partial charge in [-0.2, -0.15) is 0 Å². The van der Waals surface area contributed by atoms with E-state index in [1.165, 1.54) is 0 Å². The van der Waals surface area contributed by atoms with E-state index in [0.29, 0.717) is 11.4 Å². The van der Waals surface area contributed by atoms with Gasteiger partial charge in [0, 0.05) is 10.7 Å². The Hall–Kier alpha value is -1.06. The lowest BCUT2D eigenvalue weighted by Gasteiger charge is -2.23. The number of hydrogen-bond acceptors (Lipinski definition) is 2. The zero-order chi connectivity index (χ0) is 14.7. The van der Waals surface area contributed by atoms with Gasteiger partial charge in [-0.25, -0.2) is 0 Å². The Labute approximate surface area is 125 Å². The summed E-state index contributed by atoms with van der Waals surface area (Å²) >= 11 is 6.27. The third kappa shape index (κ3) is 3.15. The molecule has 2 rings (SSSR count). The number of carbonyl (C=O) groups excluding carboxylic acids is 1. The smallest absolute Gasteiger partial charge is 0.228 e. The van der Waals surface area contributed by atoms with Gasteiger partial charge in [0.05, 0.1) is 12.5 Å². The second-order valence-corrected chi connectivity index (χ2v) is 5.92. The second-order valence-electron chi connectivity index (χ2n) is 5.51. The molecule has 20 heavy (non-hydrogen) atoms. The van der Waals surface area contributed by atoms with Crippen LogP contribution in [0.5, 0.6) is 0 Å². The molecule has 2 N–H and O–H groups in total. The first-order valence-electron chi connectivity index (χ1n) is 7.37. The van der Waals surface area contributed by atoms with Crippen molar-refractivity contribution < 1.29 is 9.90 Å². The first-order chi connectivity index (χ1) is 9.56. The molecule has 0 spiro atoms. The monoisotopic (exact) mass is 295 g/mol. The van der Waals surface area contributed by atoms with Crippen molar-refractivity contribution in [2.24, 2.45) is 5.92 Å². The van der Waals surface area contributed by atoms with Gasteiger partial charge in [0.1, 0.15) is 0 Å². The van der Waals surface area contributed by atoms with E-state index in [0.717, 1.165) is 42.5 Å². The molecule has 1 amide bonds. The molecule has 3 nitrogen and oxygen atoms in total. The van der Waals surface area contributed by atoms with Crippen molar-refractivity contribution in [3.05, 3.63) is 28.3 Å². The van der Waals surface area contributed by atoms with E-state index in [2.05, 4.69) is 19.2 Å². The summed E-state index contributed by atoms with van der Waals surface area (Å²) in [6.07, 6.45) is 3.97. The van der Waals surface area contributed by atoms with Crippen LogP contribution in [0.15, 0.2) is 12.1 Å². The number of unbranched alkanes of at least 4 members (excludes halogenated alkanes) is 1. The number of nitrogens with one attached hydrogen (secondary N) is 1. The predicted molar refractivity (Wildman–Crippen MR) is 82.1 cm³/mol. The van der Waals surface area contributed by atoms with E-state index < -0.39 is 6.10 Å². The number of halogens is 1. The normalized spacial score (nSPS) is 16.7. The van der Waals surface area contributed by atoms with Crippen LogP contribution in [0.2, 0.25) is 5.02 Å². The summed E-state index contributed by atoms with van der Waals surface area (Å²) in [5.74, 6) is 0.205. The van der Waals surface area contributed by atoms with Crippen molar-refractivity contribution in [2.45, 2.75) is 52.1 Å². The Morgan fingerprint density at radius 1 is 1.40 bits per heavy atom. The van der Waals surface area contributed by atoms with E-state index in [9.17, 15) is 9.90 Å². The van der Waals surface area contributed by atoms with Crippen LogP contribution in [-0.4, -0.2) is 11.0 Å². The van der Waals surface area contributed by atoms with Gasteiger partial charge < -0.3 is 10.4 Å². The number of rotatable bonds is 6. The Kier molecular flexibility index (Phi) is 5.06. The number of amides is 1. The molecular weight excluding hydrogens is 274 g/mol. The molecule has 0 radical (unpaired) electrons. The van der Waals surface area contributed by atoms with Crippen molar-refractivity contribution in [2.75, 3.05) is 5.32 Å². The topological polar surface area (TPSA) is 49.3 Å². The first kappa shape index (κ1) is 15.3. The van der Waals surface area contributed by atoms with E-state index in [1.807, 2.05) is 6.07 Å². The summed E-state index contributed by atoms with van der Waals surface area (Å²) in [6, 6.07) is 3.64. The van der Waals surface area contributed by atoms with Crippen molar-refractivity contribution in [3.8, 4) is 0 Å². The van der Waals surface area contributed by atoms with Crippen molar-refractivity contribution in [1.82, 2.24) is 0 Å². The molecule has 110 valence electrons. The fourth-order valence-corrected chi connectivity index (χ4v) is 3.07. The Balaban J connectivity index is 2.23. The highest BCUT2D eigenvalue weighted by atomic mass is 35.5. The van der Waals surface area contributed by atoms with Gasteiger partial charge in [0.15, 0.2) is 0 Å². The van der Waals surface area contributed by atoms with Crippen LogP contribution in [0.1, 0.15) is 56.8 Å². The number of benzene rings is 1. The van der Waals surface area contributed by atoms with Crippen molar-refractivity contribution >= 4 is 23.2 Å². The maximum Gasteiger partial charge on any atom is 0.228 e. The first-order valence-corrected chi connectivity index (χ1v) is 7.74. The molecule has 4 heteroatoms. The number of aliphatic hydroxyl groups excluding tert-OH is 1. The summed E-state index contributed by atoms with van der Waals surface area (Å²) in [4.78, 5) is 11.4. The Morgan fingerprint density at radius 2 is 2.15 bits per heavy atom. The van der Waals surface area contributed by atoms with Gasteiger partial charge in [-0.05, 0) is 35.6 Å². The van der Waals surface area contributed by atoms with Crippen LogP contribution < -0.4 is 5.32 Å². The predicted octanol–water partition coefficient (Wildman–Crippen LogP) is 4.08. The van der Waals surface area contributed by atoms with E-state index in [-0.39, 0.29) is 11.8 Å². The minimum Gasteiger partial charge on any atom is -0.388 e. The van der Waals surface area contributed by atoms with Gasteiger partial charge in [-0.1, -0.05) is 44.7 Å². The zero-order valence-corrected chi connectivity index (χ0v) is 12.8. The molecule has 1 heterocycles. The van der Waals surface area contributed by atoms with Crippen LogP contribution in [0.4, 0.5) is 5.69 Å². The highest BCUT2D eigenvalue weighted by Gasteiger charge is 2.25. The molecule has 0 bridgehead atoms. The number of hydrogen-bond donors (Lipinski definition) is 2. The maximum atomic E-state index is 11.4. The number of aliphatic hydroxyl groups is 1. The van der Waals surface area contributed by atoms with Crippen LogP contribution in [-0.2, 0) is 11.2 Å². The lowest BCUT2D eigenvalue weighted by Crippen LogP contribution is -2.12. The number of carbonyl (C=O) groups is 1. The Morgan fingerprint density at radius 3 is 2.80 bits per heavy atom. The highest BCUT2D eigenvalue weighted by Crippen LogP contribution is 2.37. The molecule has 1 aromatic carbocycles. The average Bonchev–Trinajstić information content (AvgIpc) is 2.77. The number of fused-ring (bicyclic) bond motifs is 1. The molecule has 1 aliphatic rings. The lowest BCUT2D eigenvalue weighted by molar-refractivity contribution is -0.115. The number of anilines is 1. The van der Waals surface area contributed by atoms with E-state index in [1.54, 1.807) is 6.07 Å². The molecule has 2 unspecified atom stereocenters. The summed E-state index contributed by atoms with van der Waals surface area (Å²) in [7, 11) is 0. The third-order valence-electron chi connectivity index (χ3n) is 4.07. The molecule has 0 aromatic heterocycles. The molecule has 1 aliphatic heterocycles. The highest BCUT2D eigenvalue weighted by molar-refractivity contribution is 6.32. The maximum absolute atomic E-state index is 11.4. The summed E-state index contributed by atoms with van der Waals surface area (Å²) < 4.78 is 0. The van der Waals surface area contributed by atoms with E-state index >= 15 is 0 Å². The van der Waals surface area contributed by atoms with Crippen molar-refractivity contribution in [3.63, 3.8) is 0 Å². The Bertz CT molecular complexity index is 501. The SMILES string of the molecule is CCCCC(CC)C(O)c1cc2c(cc1Cl)NC(=O)C2. The lowest BCUT2D eigenvalue weighted by atomic mass is 9.88. The second kappa shape index (κ2) is 6.59. The summed E-state index contributed by atoms with van der Waals surface area (Å²) in [5, 5.41) is 13.9. The van der Waals surface area contributed by atoms with Crippen LogP contribution in [0, 0.1) is 5.92 Å². The largest absolute Gasteiger partial charge is 0.388 e. The fraction of sp³-hybridized carbons (Fsp3) is 0.562. The minimum absolute atomic E-state index is 0.0132. The average molecular weight is 296 g/mol. The third-order valence-corrected chi connectivity index (χ3v) is 4.39. The van der Waals surface area contributed by atoms with E-state index in [4.69, 9.17) is 11.6 Å².